The van der Waals surface area contributed by atoms with Gasteiger partial charge in [-0.2, -0.15) is 0 Å². The van der Waals surface area contributed by atoms with E-state index in [0.29, 0.717) is 11.7 Å². The summed E-state index contributed by atoms with van der Waals surface area (Å²) in [7, 11) is 0. The molecule has 0 aliphatic rings. The number of nitrogens with two attached hydrogens (primary N) is 1. The van der Waals surface area contributed by atoms with E-state index < -0.39 is 0 Å². The van der Waals surface area contributed by atoms with Gasteiger partial charge in [0.25, 0.3) is 0 Å². The molecule has 84 valence electrons. The van der Waals surface area contributed by atoms with Crippen LogP contribution >= 0.6 is 0 Å². The van der Waals surface area contributed by atoms with Gasteiger partial charge in [0, 0.05) is 11.6 Å². The molecule has 1 atom stereocenters. The summed E-state index contributed by atoms with van der Waals surface area (Å²) in [5.74, 6) is 0.790. The van der Waals surface area contributed by atoms with Crippen molar-refractivity contribution in [2.75, 3.05) is 0 Å². The summed E-state index contributed by atoms with van der Waals surface area (Å²) >= 11 is 0. The highest BCUT2D eigenvalue weighted by atomic mass is 16.3. The maximum atomic E-state index is 9.73. The molecule has 1 aromatic carbocycles. The molecule has 0 amide bonds. The fraction of sp³-hybridized carbons (Fsp3) is 0.538. The maximum Gasteiger partial charge on any atom is 0.120 e. The van der Waals surface area contributed by atoms with E-state index in [4.69, 9.17) is 5.73 Å². The summed E-state index contributed by atoms with van der Waals surface area (Å²) < 4.78 is 0. The number of hydrogen-bond acceptors (Lipinski definition) is 2. The van der Waals surface area contributed by atoms with Crippen molar-refractivity contribution < 1.29 is 5.11 Å². The van der Waals surface area contributed by atoms with Crippen LogP contribution in [0.15, 0.2) is 18.2 Å². The lowest BCUT2D eigenvalue weighted by Crippen LogP contribution is -2.10. The molecule has 0 saturated heterocycles. The van der Waals surface area contributed by atoms with Crippen LogP contribution in [-0.4, -0.2) is 5.11 Å². The molecule has 0 aromatic heterocycles. The molecular formula is C13H21NO. The first-order valence-corrected chi connectivity index (χ1v) is 5.64. The smallest absolute Gasteiger partial charge is 0.120 e. The molecule has 0 aliphatic heterocycles. The average molecular weight is 207 g/mol. The molecule has 1 rings (SSSR count). The van der Waals surface area contributed by atoms with Crippen molar-refractivity contribution in [2.24, 2.45) is 5.73 Å². The fourth-order valence-electron chi connectivity index (χ4n) is 1.70. The highest BCUT2D eigenvalue weighted by Crippen LogP contribution is 2.29. The van der Waals surface area contributed by atoms with Crippen molar-refractivity contribution in [2.45, 2.75) is 45.6 Å². The zero-order chi connectivity index (χ0) is 11.4. The number of phenolic OH excluding ortho intramolecular Hbond substituents is 1. The summed E-state index contributed by atoms with van der Waals surface area (Å²) in [4.78, 5) is 0. The van der Waals surface area contributed by atoms with Gasteiger partial charge in [-0.3, -0.25) is 0 Å². The van der Waals surface area contributed by atoms with Crippen LogP contribution < -0.4 is 5.73 Å². The summed E-state index contributed by atoms with van der Waals surface area (Å²) in [6, 6.07) is 5.69. The van der Waals surface area contributed by atoms with E-state index in [1.807, 2.05) is 12.1 Å². The molecule has 0 heterocycles. The van der Waals surface area contributed by atoms with Crippen molar-refractivity contribution in [3.05, 3.63) is 29.3 Å². The molecule has 0 bridgehead atoms. The maximum absolute atomic E-state index is 9.73. The standard InChI is InChI=1S/C13H21NO/c1-4-5-12(14)11-8-10(9(2)3)6-7-13(11)15/h6-9,12,15H,4-5,14H2,1-3H3. The van der Waals surface area contributed by atoms with Crippen LogP contribution in [-0.2, 0) is 0 Å². The van der Waals surface area contributed by atoms with Crippen molar-refractivity contribution in [1.29, 1.82) is 0 Å². The van der Waals surface area contributed by atoms with Gasteiger partial charge in [0.2, 0.25) is 0 Å². The normalized spacial score (nSPS) is 13.1. The van der Waals surface area contributed by atoms with E-state index in [1.54, 1.807) is 6.07 Å². The van der Waals surface area contributed by atoms with Crippen LogP contribution in [0.25, 0.3) is 0 Å². The van der Waals surface area contributed by atoms with Crippen LogP contribution in [0.5, 0.6) is 5.75 Å². The average Bonchev–Trinajstić information content (AvgIpc) is 2.18. The highest BCUT2D eigenvalue weighted by molar-refractivity contribution is 5.39. The Bertz CT molecular complexity index is 320. The van der Waals surface area contributed by atoms with Crippen LogP contribution in [0.3, 0.4) is 0 Å². The first-order valence-electron chi connectivity index (χ1n) is 5.64. The van der Waals surface area contributed by atoms with Crippen LogP contribution in [0.1, 0.15) is 56.7 Å². The van der Waals surface area contributed by atoms with E-state index in [1.165, 1.54) is 5.56 Å². The van der Waals surface area contributed by atoms with E-state index in [-0.39, 0.29) is 6.04 Å². The molecule has 2 nitrogen and oxygen atoms in total. The van der Waals surface area contributed by atoms with Crippen molar-refractivity contribution >= 4 is 0 Å². The molecule has 15 heavy (non-hydrogen) atoms. The molecule has 1 unspecified atom stereocenters. The Labute approximate surface area is 92.1 Å². The lowest BCUT2D eigenvalue weighted by atomic mass is 9.95. The third-order valence-corrected chi connectivity index (χ3v) is 2.72. The predicted octanol–water partition coefficient (Wildman–Crippen LogP) is 3.32. The predicted molar refractivity (Wildman–Crippen MR) is 64.0 cm³/mol. The molecule has 0 fully saturated rings. The lowest BCUT2D eigenvalue weighted by molar-refractivity contribution is 0.457. The van der Waals surface area contributed by atoms with Crippen molar-refractivity contribution in [1.82, 2.24) is 0 Å². The Balaban J connectivity index is 2.99. The summed E-state index contributed by atoms with van der Waals surface area (Å²) in [6.07, 6.45) is 1.95. The SMILES string of the molecule is CCCC(N)c1cc(C(C)C)ccc1O. The second-order valence-electron chi connectivity index (χ2n) is 4.37. The summed E-state index contributed by atoms with van der Waals surface area (Å²) in [6.45, 7) is 6.38. The third kappa shape index (κ3) is 2.96. The van der Waals surface area contributed by atoms with Gasteiger partial charge in [-0.05, 0) is 24.0 Å². The lowest BCUT2D eigenvalue weighted by Gasteiger charge is -2.15. The van der Waals surface area contributed by atoms with E-state index in [2.05, 4.69) is 20.8 Å². The van der Waals surface area contributed by atoms with E-state index >= 15 is 0 Å². The number of benzene rings is 1. The Morgan fingerprint density at radius 2 is 2.00 bits per heavy atom. The topological polar surface area (TPSA) is 46.2 Å². The quantitative estimate of drug-likeness (QED) is 0.795. The highest BCUT2D eigenvalue weighted by Gasteiger charge is 2.11. The molecule has 0 aliphatic carbocycles. The molecule has 0 saturated carbocycles. The minimum Gasteiger partial charge on any atom is -0.508 e. The Hall–Kier alpha value is -1.02. The van der Waals surface area contributed by atoms with Gasteiger partial charge in [0.05, 0.1) is 0 Å². The van der Waals surface area contributed by atoms with Crippen LogP contribution in [0.4, 0.5) is 0 Å². The van der Waals surface area contributed by atoms with Crippen molar-refractivity contribution in [3.8, 4) is 5.75 Å². The zero-order valence-corrected chi connectivity index (χ0v) is 9.83. The van der Waals surface area contributed by atoms with Gasteiger partial charge in [-0.25, -0.2) is 0 Å². The van der Waals surface area contributed by atoms with Gasteiger partial charge >= 0.3 is 0 Å². The zero-order valence-electron chi connectivity index (χ0n) is 9.83. The number of aromatic hydroxyl groups is 1. The number of rotatable bonds is 4. The van der Waals surface area contributed by atoms with Crippen molar-refractivity contribution in [3.63, 3.8) is 0 Å². The largest absolute Gasteiger partial charge is 0.508 e. The third-order valence-electron chi connectivity index (χ3n) is 2.72. The summed E-state index contributed by atoms with van der Waals surface area (Å²) in [5, 5.41) is 9.73. The summed E-state index contributed by atoms with van der Waals surface area (Å²) in [5.41, 5.74) is 8.12. The second kappa shape index (κ2) is 5.17. The number of hydrogen-bond donors (Lipinski definition) is 2. The Morgan fingerprint density at radius 1 is 1.33 bits per heavy atom. The van der Waals surface area contributed by atoms with Gasteiger partial charge in [0.1, 0.15) is 5.75 Å². The van der Waals surface area contributed by atoms with Gasteiger partial charge in [-0.15, -0.1) is 0 Å². The van der Waals surface area contributed by atoms with Gasteiger partial charge in [0.15, 0.2) is 0 Å². The molecule has 3 N–H and O–H groups in total. The number of phenols is 1. The fourth-order valence-corrected chi connectivity index (χ4v) is 1.70. The van der Waals surface area contributed by atoms with E-state index in [9.17, 15) is 5.11 Å². The molecule has 2 heteroatoms. The Kier molecular flexibility index (Phi) is 4.15. The molecule has 1 aromatic rings. The molecule has 0 spiro atoms. The van der Waals surface area contributed by atoms with Crippen LogP contribution in [0, 0.1) is 0 Å². The second-order valence-corrected chi connectivity index (χ2v) is 4.37. The monoisotopic (exact) mass is 207 g/mol. The van der Waals surface area contributed by atoms with E-state index in [0.717, 1.165) is 18.4 Å². The molecule has 0 radical (unpaired) electrons. The minimum absolute atomic E-state index is 0.0475. The Morgan fingerprint density at radius 3 is 2.53 bits per heavy atom. The van der Waals surface area contributed by atoms with Gasteiger partial charge < -0.3 is 10.8 Å². The first-order chi connectivity index (χ1) is 7.06. The minimum atomic E-state index is -0.0475. The van der Waals surface area contributed by atoms with Gasteiger partial charge in [-0.1, -0.05) is 39.3 Å². The molecular weight excluding hydrogens is 186 g/mol. The first kappa shape index (κ1) is 12.1. The van der Waals surface area contributed by atoms with Crippen LogP contribution in [0.2, 0.25) is 0 Å².